The number of rotatable bonds is 18. The molecule has 2 aromatic rings. The van der Waals surface area contributed by atoms with Crippen LogP contribution in [0.3, 0.4) is 0 Å². The number of hydrogen-bond acceptors (Lipinski definition) is 2. The Morgan fingerprint density at radius 1 is 0.545 bits per heavy atom. The molecule has 2 nitrogen and oxygen atoms in total. The van der Waals surface area contributed by atoms with Gasteiger partial charge in [-0.2, -0.15) is 0 Å². The largest absolute Gasteiger partial charge is 0.289 e. The van der Waals surface area contributed by atoms with Crippen molar-refractivity contribution in [3.63, 3.8) is 0 Å². The predicted molar refractivity (Wildman–Crippen MR) is 146 cm³/mol. The highest BCUT2D eigenvalue weighted by Gasteiger charge is 2.36. The zero-order chi connectivity index (χ0) is 23.8. The standard InChI is InChI=1S/C31H50N2/c1-5-7-9-11-15-21-27(3)32-31(29-23-17-13-18-24-29,30-25-19-14-20-26-30)33-28(4)22-16-12-10-8-6-2/h13-14,17-20,23-28,32-33H,5-12,15-16,21-22H2,1-4H3. The highest BCUT2D eigenvalue weighted by Crippen LogP contribution is 2.30. The van der Waals surface area contributed by atoms with Gasteiger partial charge < -0.3 is 0 Å². The highest BCUT2D eigenvalue weighted by molar-refractivity contribution is 5.38. The molecule has 0 aliphatic heterocycles. The van der Waals surface area contributed by atoms with Crippen molar-refractivity contribution >= 4 is 0 Å². The van der Waals surface area contributed by atoms with Gasteiger partial charge in [0.25, 0.3) is 0 Å². The molecule has 0 spiro atoms. The molecule has 0 heterocycles. The average molecular weight is 451 g/mol. The third-order valence-corrected chi connectivity index (χ3v) is 6.82. The maximum Gasteiger partial charge on any atom is 0.122 e. The van der Waals surface area contributed by atoms with Crippen molar-refractivity contribution in [3.05, 3.63) is 71.8 Å². The molecule has 33 heavy (non-hydrogen) atoms. The first kappa shape index (κ1) is 27.6. The van der Waals surface area contributed by atoms with Gasteiger partial charge in [-0.15, -0.1) is 0 Å². The van der Waals surface area contributed by atoms with Gasteiger partial charge in [0.05, 0.1) is 0 Å². The van der Waals surface area contributed by atoms with Gasteiger partial charge in [0, 0.05) is 12.1 Å². The molecule has 2 rings (SSSR count). The summed E-state index contributed by atoms with van der Waals surface area (Å²) in [6.07, 6.45) is 15.7. The minimum atomic E-state index is -0.381. The van der Waals surface area contributed by atoms with Crippen molar-refractivity contribution in [3.8, 4) is 0 Å². The van der Waals surface area contributed by atoms with Gasteiger partial charge in [-0.1, -0.05) is 139 Å². The van der Waals surface area contributed by atoms with Crippen LogP contribution >= 0.6 is 0 Å². The molecule has 2 aromatic carbocycles. The second-order valence-corrected chi connectivity index (χ2v) is 9.98. The lowest BCUT2D eigenvalue weighted by Crippen LogP contribution is -2.60. The molecule has 0 saturated heterocycles. The van der Waals surface area contributed by atoms with E-state index >= 15 is 0 Å². The molecule has 0 aliphatic rings. The summed E-state index contributed by atoms with van der Waals surface area (Å²) in [5.41, 5.74) is 2.22. The van der Waals surface area contributed by atoms with Crippen LogP contribution in [-0.4, -0.2) is 12.1 Å². The van der Waals surface area contributed by atoms with Crippen LogP contribution in [0.1, 0.15) is 116 Å². The number of hydrogen-bond donors (Lipinski definition) is 2. The van der Waals surface area contributed by atoms with E-state index in [1.807, 2.05) is 0 Å². The molecule has 0 amide bonds. The quantitative estimate of drug-likeness (QED) is 0.175. The van der Waals surface area contributed by atoms with E-state index in [0.717, 1.165) is 0 Å². The summed E-state index contributed by atoms with van der Waals surface area (Å²) in [4.78, 5) is 0. The van der Waals surface area contributed by atoms with Gasteiger partial charge in [0.2, 0.25) is 0 Å². The molecular weight excluding hydrogens is 400 g/mol. The zero-order valence-electron chi connectivity index (χ0n) is 21.9. The topological polar surface area (TPSA) is 24.1 Å². The van der Waals surface area contributed by atoms with Gasteiger partial charge in [-0.3, -0.25) is 10.6 Å². The van der Waals surface area contributed by atoms with Crippen LogP contribution in [0.15, 0.2) is 60.7 Å². The zero-order valence-corrected chi connectivity index (χ0v) is 21.9. The smallest absolute Gasteiger partial charge is 0.122 e. The Morgan fingerprint density at radius 3 is 1.27 bits per heavy atom. The molecular formula is C31H50N2. The minimum absolute atomic E-state index is 0.381. The lowest BCUT2D eigenvalue weighted by Gasteiger charge is -2.42. The summed E-state index contributed by atoms with van der Waals surface area (Å²) in [7, 11) is 0. The average Bonchev–Trinajstić information content (AvgIpc) is 2.84. The van der Waals surface area contributed by atoms with E-state index in [-0.39, 0.29) is 5.66 Å². The van der Waals surface area contributed by atoms with E-state index in [9.17, 15) is 0 Å². The van der Waals surface area contributed by atoms with E-state index < -0.39 is 0 Å². The molecule has 0 aliphatic carbocycles. The fourth-order valence-corrected chi connectivity index (χ4v) is 4.91. The van der Waals surface area contributed by atoms with Crippen LogP contribution in [0, 0.1) is 0 Å². The Balaban J connectivity index is 2.21. The lowest BCUT2D eigenvalue weighted by atomic mass is 9.88. The first-order valence-electron chi connectivity index (χ1n) is 13.8. The van der Waals surface area contributed by atoms with Crippen LogP contribution in [-0.2, 0) is 5.66 Å². The van der Waals surface area contributed by atoms with Crippen LogP contribution in [0.5, 0.6) is 0 Å². The molecule has 0 saturated carbocycles. The van der Waals surface area contributed by atoms with Gasteiger partial charge in [-0.25, -0.2) is 0 Å². The van der Waals surface area contributed by atoms with E-state index in [0.29, 0.717) is 12.1 Å². The molecule has 0 bridgehead atoms. The third-order valence-electron chi connectivity index (χ3n) is 6.82. The molecule has 2 heteroatoms. The van der Waals surface area contributed by atoms with E-state index in [2.05, 4.69) is 99.0 Å². The summed E-state index contributed by atoms with van der Waals surface area (Å²) >= 11 is 0. The van der Waals surface area contributed by atoms with Crippen LogP contribution in [0.4, 0.5) is 0 Å². The van der Waals surface area contributed by atoms with E-state index in [1.54, 1.807) is 0 Å². The second kappa shape index (κ2) is 16.1. The Bertz CT molecular complexity index is 649. The van der Waals surface area contributed by atoms with Crippen molar-refractivity contribution in [2.24, 2.45) is 0 Å². The van der Waals surface area contributed by atoms with Gasteiger partial charge >= 0.3 is 0 Å². The Kier molecular flexibility index (Phi) is 13.4. The normalized spacial score (nSPS) is 13.7. The molecule has 0 aromatic heterocycles. The first-order chi connectivity index (χ1) is 16.1. The summed E-state index contributed by atoms with van der Waals surface area (Å²) < 4.78 is 0. The van der Waals surface area contributed by atoms with Crippen molar-refractivity contribution in [2.45, 2.75) is 122 Å². The Hall–Kier alpha value is -1.64. The van der Waals surface area contributed by atoms with E-state index in [4.69, 9.17) is 0 Å². The molecule has 2 atom stereocenters. The number of benzene rings is 2. The van der Waals surface area contributed by atoms with Crippen LogP contribution < -0.4 is 10.6 Å². The second-order valence-electron chi connectivity index (χ2n) is 9.98. The Morgan fingerprint density at radius 2 is 0.909 bits per heavy atom. The van der Waals surface area contributed by atoms with Gasteiger partial charge in [0.1, 0.15) is 5.66 Å². The molecule has 0 fully saturated rings. The first-order valence-corrected chi connectivity index (χ1v) is 13.8. The molecule has 2 N–H and O–H groups in total. The maximum absolute atomic E-state index is 4.08. The van der Waals surface area contributed by atoms with Crippen LogP contribution in [0.25, 0.3) is 0 Å². The maximum atomic E-state index is 4.08. The van der Waals surface area contributed by atoms with Gasteiger partial charge in [-0.05, 0) is 37.8 Å². The number of nitrogens with one attached hydrogen (secondary N) is 2. The number of unbranched alkanes of at least 4 members (excludes halogenated alkanes) is 8. The fraction of sp³-hybridized carbons (Fsp3) is 0.613. The SMILES string of the molecule is CCCCCCCC(C)NC(NC(C)CCCCCCC)(c1ccccc1)c1ccccc1. The monoisotopic (exact) mass is 450 g/mol. The summed E-state index contributed by atoms with van der Waals surface area (Å²) in [6, 6.07) is 22.9. The van der Waals surface area contributed by atoms with Crippen molar-refractivity contribution in [1.82, 2.24) is 10.6 Å². The lowest BCUT2D eigenvalue weighted by molar-refractivity contribution is 0.245. The summed E-state index contributed by atoms with van der Waals surface area (Å²) in [6.45, 7) is 9.29. The summed E-state index contributed by atoms with van der Waals surface area (Å²) in [5.74, 6) is 0. The third kappa shape index (κ3) is 9.63. The van der Waals surface area contributed by atoms with Crippen molar-refractivity contribution in [1.29, 1.82) is 0 Å². The van der Waals surface area contributed by atoms with Gasteiger partial charge in [0.15, 0.2) is 0 Å². The van der Waals surface area contributed by atoms with Crippen molar-refractivity contribution in [2.75, 3.05) is 0 Å². The molecule has 184 valence electrons. The fourth-order valence-electron chi connectivity index (χ4n) is 4.91. The van der Waals surface area contributed by atoms with Crippen LogP contribution in [0.2, 0.25) is 0 Å². The van der Waals surface area contributed by atoms with Crippen molar-refractivity contribution < 1.29 is 0 Å². The molecule has 0 radical (unpaired) electrons. The Labute approximate surface area is 205 Å². The minimum Gasteiger partial charge on any atom is -0.289 e. The molecule has 2 unspecified atom stereocenters. The highest BCUT2D eigenvalue weighted by atomic mass is 15.2. The predicted octanol–water partition coefficient (Wildman–Crippen LogP) is 8.56. The summed E-state index contributed by atoms with van der Waals surface area (Å²) in [5, 5.41) is 8.17. The van der Waals surface area contributed by atoms with E-state index in [1.165, 1.54) is 88.2 Å².